The molecular weight excluding hydrogens is 226 g/mol. The van der Waals surface area contributed by atoms with Gasteiger partial charge in [0, 0.05) is 13.2 Å². The van der Waals surface area contributed by atoms with Crippen LogP contribution >= 0.6 is 0 Å². The first-order valence-corrected chi connectivity index (χ1v) is 6.80. The van der Waals surface area contributed by atoms with Crippen molar-refractivity contribution in [2.24, 2.45) is 11.1 Å². The van der Waals surface area contributed by atoms with Crippen LogP contribution in [0.2, 0.25) is 0 Å². The molecule has 0 saturated carbocycles. The Hall–Kier alpha value is -0.910. The zero-order valence-corrected chi connectivity index (χ0v) is 9.74. The molecule has 4 nitrogen and oxygen atoms in total. The van der Waals surface area contributed by atoms with E-state index >= 15 is 0 Å². The Labute approximate surface area is 95.5 Å². The lowest BCUT2D eigenvalue weighted by Gasteiger charge is -2.10. The number of hydrogen-bond donors (Lipinski definition) is 1. The fourth-order valence-corrected chi connectivity index (χ4v) is 2.79. The summed E-state index contributed by atoms with van der Waals surface area (Å²) in [4.78, 5) is 0.238. The summed E-state index contributed by atoms with van der Waals surface area (Å²) >= 11 is 0. The van der Waals surface area contributed by atoms with Crippen molar-refractivity contribution in [3.63, 3.8) is 0 Å². The summed E-state index contributed by atoms with van der Waals surface area (Å²) in [6, 6.07) is 6.90. The third kappa shape index (κ3) is 2.61. The van der Waals surface area contributed by atoms with E-state index in [1.807, 2.05) is 12.1 Å². The van der Waals surface area contributed by atoms with E-state index in [4.69, 9.17) is 9.88 Å². The molecule has 1 fully saturated rings. The standard InChI is InChI=1S/C11H15NO3S/c12-16(13,14)11-4-2-1-3-10(11)7-9-5-6-15-8-9/h1-4,9H,5-8H2,(H2,12,13,14)/t9-/m0/s1. The molecule has 0 aromatic heterocycles. The predicted octanol–water partition coefficient (Wildman–Crippen LogP) is 0.913. The molecular formula is C11H15NO3S. The van der Waals surface area contributed by atoms with Gasteiger partial charge in [-0.05, 0) is 30.4 Å². The SMILES string of the molecule is NS(=O)(=O)c1ccccc1C[C@@H]1CCOC1. The van der Waals surface area contributed by atoms with E-state index in [1.165, 1.54) is 0 Å². The molecule has 0 unspecified atom stereocenters. The van der Waals surface area contributed by atoms with Gasteiger partial charge < -0.3 is 4.74 Å². The van der Waals surface area contributed by atoms with Crippen LogP contribution in [-0.4, -0.2) is 21.6 Å². The van der Waals surface area contributed by atoms with Crippen LogP contribution in [0, 0.1) is 5.92 Å². The molecule has 1 saturated heterocycles. The molecule has 16 heavy (non-hydrogen) atoms. The van der Waals surface area contributed by atoms with Crippen molar-refractivity contribution in [2.75, 3.05) is 13.2 Å². The molecule has 1 aromatic carbocycles. The van der Waals surface area contributed by atoms with Crippen LogP contribution in [0.4, 0.5) is 0 Å². The Morgan fingerprint density at radius 3 is 2.75 bits per heavy atom. The van der Waals surface area contributed by atoms with Crippen LogP contribution in [0.5, 0.6) is 0 Å². The van der Waals surface area contributed by atoms with Crippen molar-refractivity contribution in [1.29, 1.82) is 0 Å². The normalized spacial score (nSPS) is 21.2. The van der Waals surface area contributed by atoms with Gasteiger partial charge in [0.2, 0.25) is 10.0 Å². The highest BCUT2D eigenvalue weighted by molar-refractivity contribution is 7.89. The second-order valence-corrected chi connectivity index (χ2v) is 5.62. The minimum Gasteiger partial charge on any atom is -0.381 e. The molecule has 0 spiro atoms. The number of nitrogens with two attached hydrogens (primary N) is 1. The second-order valence-electron chi connectivity index (χ2n) is 4.09. The molecule has 1 aliphatic heterocycles. The van der Waals surface area contributed by atoms with Gasteiger partial charge >= 0.3 is 0 Å². The molecule has 0 aliphatic carbocycles. The first-order valence-electron chi connectivity index (χ1n) is 5.26. The maximum atomic E-state index is 11.4. The third-order valence-corrected chi connectivity index (χ3v) is 3.82. The predicted molar refractivity (Wildman–Crippen MR) is 60.4 cm³/mol. The average Bonchev–Trinajstić information content (AvgIpc) is 2.70. The van der Waals surface area contributed by atoms with Gasteiger partial charge in [-0.3, -0.25) is 0 Å². The first kappa shape index (κ1) is 11.6. The third-order valence-electron chi connectivity index (χ3n) is 2.81. The molecule has 0 amide bonds. The zero-order chi connectivity index (χ0) is 11.6. The Morgan fingerprint density at radius 2 is 2.12 bits per heavy atom. The highest BCUT2D eigenvalue weighted by atomic mass is 32.2. The Balaban J connectivity index is 2.26. The summed E-state index contributed by atoms with van der Waals surface area (Å²) < 4.78 is 28.0. The molecule has 0 bridgehead atoms. The van der Waals surface area contributed by atoms with Crippen molar-refractivity contribution in [3.05, 3.63) is 29.8 Å². The largest absolute Gasteiger partial charge is 0.381 e. The van der Waals surface area contributed by atoms with Gasteiger partial charge in [-0.15, -0.1) is 0 Å². The number of rotatable bonds is 3. The lowest BCUT2D eigenvalue weighted by molar-refractivity contribution is 0.185. The molecule has 1 aliphatic rings. The lowest BCUT2D eigenvalue weighted by Crippen LogP contribution is -2.16. The van der Waals surface area contributed by atoms with Crippen LogP contribution in [0.3, 0.4) is 0 Å². The van der Waals surface area contributed by atoms with E-state index in [-0.39, 0.29) is 4.90 Å². The highest BCUT2D eigenvalue weighted by Gasteiger charge is 2.20. The molecule has 5 heteroatoms. The van der Waals surface area contributed by atoms with E-state index in [0.29, 0.717) is 18.9 Å². The Kier molecular flexibility index (Phi) is 3.28. The van der Waals surface area contributed by atoms with Crippen molar-refractivity contribution < 1.29 is 13.2 Å². The fourth-order valence-electron chi connectivity index (χ4n) is 2.01. The van der Waals surface area contributed by atoms with Gasteiger partial charge in [0.1, 0.15) is 0 Å². The summed E-state index contributed by atoms with van der Waals surface area (Å²) in [5.74, 6) is 0.405. The van der Waals surface area contributed by atoms with Gasteiger partial charge in [0.05, 0.1) is 4.90 Å². The number of sulfonamides is 1. The Morgan fingerprint density at radius 1 is 1.38 bits per heavy atom. The molecule has 2 N–H and O–H groups in total. The first-order chi connectivity index (χ1) is 7.57. The zero-order valence-electron chi connectivity index (χ0n) is 8.93. The number of hydrogen-bond acceptors (Lipinski definition) is 3. The second kappa shape index (κ2) is 4.53. The van der Waals surface area contributed by atoms with E-state index in [0.717, 1.165) is 18.6 Å². The topological polar surface area (TPSA) is 69.4 Å². The van der Waals surface area contributed by atoms with Crippen LogP contribution in [0.15, 0.2) is 29.2 Å². The quantitative estimate of drug-likeness (QED) is 0.855. The molecule has 1 aromatic rings. The summed E-state index contributed by atoms with van der Waals surface area (Å²) in [6.07, 6.45) is 1.70. The average molecular weight is 241 g/mol. The van der Waals surface area contributed by atoms with E-state index < -0.39 is 10.0 Å². The van der Waals surface area contributed by atoms with Crippen LogP contribution in [0.1, 0.15) is 12.0 Å². The molecule has 0 radical (unpaired) electrons. The summed E-state index contributed by atoms with van der Waals surface area (Å²) in [6.45, 7) is 1.47. The fraction of sp³-hybridized carbons (Fsp3) is 0.455. The molecule has 1 heterocycles. The monoisotopic (exact) mass is 241 g/mol. The molecule has 2 rings (SSSR count). The lowest BCUT2D eigenvalue weighted by atomic mass is 9.99. The molecule has 1 atom stereocenters. The van der Waals surface area contributed by atoms with Crippen LogP contribution < -0.4 is 5.14 Å². The van der Waals surface area contributed by atoms with Crippen molar-refractivity contribution in [2.45, 2.75) is 17.7 Å². The van der Waals surface area contributed by atoms with E-state index in [2.05, 4.69) is 0 Å². The van der Waals surface area contributed by atoms with E-state index in [9.17, 15) is 8.42 Å². The highest BCUT2D eigenvalue weighted by Crippen LogP contribution is 2.22. The minimum atomic E-state index is -3.62. The Bertz CT molecular complexity index is 464. The molecule has 88 valence electrons. The van der Waals surface area contributed by atoms with Gasteiger partial charge in [-0.2, -0.15) is 0 Å². The van der Waals surface area contributed by atoms with Gasteiger partial charge in [0.15, 0.2) is 0 Å². The van der Waals surface area contributed by atoms with Crippen molar-refractivity contribution >= 4 is 10.0 Å². The van der Waals surface area contributed by atoms with Gasteiger partial charge in [-0.1, -0.05) is 18.2 Å². The van der Waals surface area contributed by atoms with Crippen LogP contribution in [-0.2, 0) is 21.2 Å². The minimum absolute atomic E-state index is 0.238. The number of benzene rings is 1. The number of primary sulfonamides is 1. The summed E-state index contributed by atoms with van der Waals surface area (Å²) in [7, 11) is -3.62. The van der Waals surface area contributed by atoms with Crippen LogP contribution in [0.25, 0.3) is 0 Å². The number of ether oxygens (including phenoxy) is 1. The van der Waals surface area contributed by atoms with Crippen molar-refractivity contribution in [1.82, 2.24) is 0 Å². The maximum Gasteiger partial charge on any atom is 0.238 e. The smallest absolute Gasteiger partial charge is 0.238 e. The van der Waals surface area contributed by atoms with E-state index in [1.54, 1.807) is 12.1 Å². The summed E-state index contributed by atoms with van der Waals surface area (Å²) in [5.41, 5.74) is 0.792. The van der Waals surface area contributed by atoms with Crippen molar-refractivity contribution in [3.8, 4) is 0 Å². The van der Waals surface area contributed by atoms with Gasteiger partial charge in [0.25, 0.3) is 0 Å². The summed E-state index contributed by atoms with van der Waals surface area (Å²) in [5, 5.41) is 5.17. The maximum absolute atomic E-state index is 11.4. The van der Waals surface area contributed by atoms with Gasteiger partial charge in [-0.25, -0.2) is 13.6 Å².